The fraction of sp³-hybridized carbons (Fsp3) is 0.619. The van der Waals surface area contributed by atoms with E-state index in [0.717, 1.165) is 11.3 Å². The molecule has 0 radical (unpaired) electrons. The molecule has 0 spiro atoms. The van der Waals surface area contributed by atoms with Gasteiger partial charge in [0.2, 0.25) is 0 Å². The van der Waals surface area contributed by atoms with Crippen molar-refractivity contribution in [3.8, 4) is 0 Å². The Morgan fingerprint density at radius 1 is 1.07 bits per heavy atom. The van der Waals surface area contributed by atoms with Crippen LogP contribution in [0.3, 0.4) is 0 Å². The first kappa shape index (κ1) is 22.3. The molecule has 164 valence electrons. The van der Waals surface area contributed by atoms with Gasteiger partial charge in [0.15, 0.2) is 5.60 Å². The fourth-order valence-electron chi connectivity index (χ4n) is 4.39. The molecule has 0 aromatic carbocycles. The minimum absolute atomic E-state index is 0.109. The number of amides is 1. The van der Waals surface area contributed by atoms with Crippen molar-refractivity contribution in [2.45, 2.75) is 60.0 Å². The van der Waals surface area contributed by atoms with Crippen molar-refractivity contribution in [2.24, 2.45) is 10.8 Å². The van der Waals surface area contributed by atoms with Crippen molar-refractivity contribution >= 4 is 40.2 Å². The summed E-state index contributed by atoms with van der Waals surface area (Å²) in [7, 11) is 0. The van der Waals surface area contributed by atoms with Crippen LogP contribution in [0.1, 0.15) is 73.1 Å². The highest BCUT2D eigenvalue weighted by atomic mass is 32.1. The Hall–Kier alpha value is -2.42. The van der Waals surface area contributed by atoms with Gasteiger partial charge >= 0.3 is 17.9 Å². The van der Waals surface area contributed by atoms with Gasteiger partial charge in [-0.05, 0) is 46.1 Å². The summed E-state index contributed by atoms with van der Waals surface area (Å²) in [6, 6.07) is 0. The zero-order chi connectivity index (χ0) is 22.5. The van der Waals surface area contributed by atoms with Crippen molar-refractivity contribution in [2.75, 3.05) is 18.5 Å². The largest absolute Gasteiger partial charge is 0.462 e. The van der Waals surface area contributed by atoms with Crippen LogP contribution in [0.4, 0.5) is 5.00 Å². The molecule has 1 saturated heterocycles. The number of carbonyl (C=O) groups excluding carboxylic acids is 4. The SMILES string of the molecule is CCOC(=O)c1sc(NC(=O)C23CCC(C)(C(=O)O2)C3(C)C)c(C(=O)OCC)c1C. The third-order valence-electron chi connectivity index (χ3n) is 6.76. The van der Waals surface area contributed by atoms with E-state index in [-0.39, 0.29) is 28.7 Å². The highest BCUT2D eigenvalue weighted by molar-refractivity contribution is 7.18. The van der Waals surface area contributed by atoms with Crippen LogP contribution in [-0.4, -0.2) is 42.6 Å². The molecule has 1 N–H and O–H groups in total. The lowest BCUT2D eigenvalue weighted by Gasteiger charge is -2.35. The number of hydrogen-bond acceptors (Lipinski definition) is 8. The number of thiophene rings is 1. The van der Waals surface area contributed by atoms with Gasteiger partial charge in [-0.1, -0.05) is 13.8 Å². The lowest BCUT2D eigenvalue weighted by molar-refractivity contribution is -0.165. The fourth-order valence-corrected chi connectivity index (χ4v) is 5.48. The van der Waals surface area contributed by atoms with Crippen molar-refractivity contribution in [1.29, 1.82) is 0 Å². The number of carbonyl (C=O) groups is 4. The van der Waals surface area contributed by atoms with E-state index < -0.39 is 40.2 Å². The summed E-state index contributed by atoms with van der Waals surface area (Å²) in [4.78, 5) is 51.0. The molecule has 2 bridgehead atoms. The van der Waals surface area contributed by atoms with Crippen LogP contribution in [0.5, 0.6) is 0 Å². The molecule has 8 nitrogen and oxygen atoms in total. The normalized spacial score (nSPS) is 26.3. The van der Waals surface area contributed by atoms with E-state index in [2.05, 4.69) is 5.32 Å². The Morgan fingerprint density at radius 2 is 1.67 bits per heavy atom. The first-order chi connectivity index (χ1) is 14.0. The van der Waals surface area contributed by atoms with Crippen LogP contribution >= 0.6 is 11.3 Å². The minimum atomic E-state index is -1.34. The third-order valence-corrected chi connectivity index (χ3v) is 7.95. The Bertz CT molecular complexity index is 934. The second kappa shape index (κ2) is 7.37. The number of anilines is 1. The molecule has 2 heterocycles. The lowest BCUT2D eigenvalue weighted by Crippen LogP contribution is -2.50. The van der Waals surface area contributed by atoms with Gasteiger partial charge in [0.05, 0.1) is 24.2 Å². The summed E-state index contributed by atoms with van der Waals surface area (Å²) >= 11 is 0.951. The zero-order valence-corrected chi connectivity index (χ0v) is 18.9. The molecule has 1 saturated carbocycles. The number of ether oxygens (including phenoxy) is 3. The molecule has 1 aliphatic heterocycles. The molecule has 2 atom stereocenters. The highest BCUT2D eigenvalue weighted by Gasteiger charge is 2.75. The summed E-state index contributed by atoms with van der Waals surface area (Å²) < 4.78 is 15.8. The Morgan fingerprint density at radius 3 is 2.17 bits per heavy atom. The van der Waals surface area contributed by atoms with Crippen LogP contribution in [0.15, 0.2) is 0 Å². The number of esters is 3. The van der Waals surface area contributed by atoms with Gasteiger partial charge in [0.1, 0.15) is 9.88 Å². The minimum Gasteiger partial charge on any atom is -0.462 e. The first-order valence-corrected chi connectivity index (χ1v) is 10.8. The number of rotatable bonds is 6. The van der Waals surface area contributed by atoms with Crippen molar-refractivity contribution in [3.63, 3.8) is 0 Å². The van der Waals surface area contributed by atoms with E-state index in [0.29, 0.717) is 18.4 Å². The van der Waals surface area contributed by atoms with Gasteiger partial charge in [-0.3, -0.25) is 9.59 Å². The van der Waals surface area contributed by atoms with Gasteiger partial charge < -0.3 is 19.5 Å². The zero-order valence-electron chi connectivity index (χ0n) is 18.1. The maximum atomic E-state index is 13.4. The molecule has 2 fully saturated rings. The Kier molecular flexibility index (Phi) is 5.47. The molecule has 1 aliphatic carbocycles. The van der Waals surface area contributed by atoms with Crippen LogP contribution in [-0.2, 0) is 23.8 Å². The maximum absolute atomic E-state index is 13.4. The lowest BCUT2D eigenvalue weighted by atomic mass is 9.66. The quantitative estimate of drug-likeness (QED) is 0.536. The van der Waals surface area contributed by atoms with Gasteiger partial charge in [0.25, 0.3) is 5.91 Å². The number of fused-ring (bicyclic) bond motifs is 2. The van der Waals surface area contributed by atoms with E-state index >= 15 is 0 Å². The summed E-state index contributed by atoms with van der Waals surface area (Å²) in [5, 5.41) is 2.94. The average Bonchev–Trinajstić information content (AvgIpc) is 3.15. The van der Waals surface area contributed by atoms with Crippen LogP contribution < -0.4 is 5.32 Å². The van der Waals surface area contributed by atoms with Gasteiger partial charge in [-0.15, -0.1) is 11.3 Å². The molecule has 1 aromatic rings. The van der Waals surface area contributed by atoms with Crippen LogP contribution in [0.25, 0.3) is 0 Å². The molecule has 9 heteroatoms. The number of hydrogen-bond donors (Lipinski definition) is 1. The molecule has 3 rings (SSSR count). The molecular weight excluding hydrogens is 410 g/mol. The second-order valence-corrected chi connectivity index (χ2v) is 9.35. The average molecular weight is 438 g/mol. The Balaban J connectivity index is 2.01. The van der Waals surface area contributed by atoms with Crippen LogP contribution in [0.2, 0.25) is 0 Å². The summed E-state index contributed by atoms with van der Waals surface area (Å²) in [5.41, 5.74) is -2.34. The summed E-state index contributed by atoms with van der Waals surface area (Å²) in [5.74, 6) is -2.13. The molecule has 30 heavy (non-hydrogen) atoms. The standard InChI is InChI=1S/C21H27NO7S/c1-7-27-15(23)12-11(3)13(16(24)28-8-2)30-14(12)22-17(25)21-10-9-20(6,18(26)29-21)19(21,4)5/h7-10H2,1-6H3,(H,22,25). The molecular formula is C21H27NO7S. The first-order valence-electron chi connectivity index (χ1n) is 9.99. The van der Waals surface area contributed by atoms with Crippen molar-refractivity contribution in [3.05, 3.63) is 16.0 Å². The molecule has 1 amide bonds. The van der Waals surface area contributed by atoms with Gasteiger partial charge in [-0.2, -0.15) is 0 Å². The maximum Gasteiger partial charge on any atom is 0.348 e. The van der Waals surface area contributed by atoms with Crippen molar-refractivity contribution < 1.29 is 33.4 Å². The summed E-state index contributed by atoms with van der Waals surface area (Å²) in [6.45, 7) is 10.8. The van der Waals surface area contributed by atoms with E-state index in [1.165, 1.54) is 0 Å². The number of nitrogens with one attached hydrogen (secondary N) is 1. The monoisotopic (exact) mass is 437 g/mol. The van der Waals surface area contributed by atoms with E-state index in [4.69, 9.17) is 14.2 Å². The highest BCUT2D eigenvalue weighted by Crippen LogP contribution is 2.65. The van der Waals surface area contributed by atoms with Crippen LogP contribution in [0, 0.1) is 17.8 Å². The van der Waals surface area contributed by atoms with E-state index in [1.54, 1.807) is 20.8 Å². The topological polar surface area (TPSA) is 108 Å². The second-order valence-electron chi connectivity index (χ2n) is 8.33. The molecule has 2 aliphatic rings. The predicted molar refractivity (Wildman–Crippen MR) is 110 cm³/mol. The van der Waals surface area contributed by atoms with Gasteiger partial charge in [0, 0.05) is 5.41 Å². The predicted octanol–water partition coefficient (Wildman–Crippen LogP) is 3.47. The third kappa shape index (κ3) is 2.85. The van der Waals surface area contributed by atoms with E-state index in [9.17, 15) is 19.2 Å². The molecule has 2 unspecified atom stereocenters. The van der Waals surface area contributed by atoms with E-state index in [1.807, 2.05) is 20.8 Å². The van der Waals surface area contributed by atoms with Crippen molar-refractivity contribution in [1.82, 2.24) is 0 Å². The summed E-state index contributed by atoms with van der Waals surface area (Å²) in [6.07, 6.45) is 0.923. The smallest absolute Gasteiger partial charge is 0.348 e. The molecule has 1 aromatic heterocycles. The van der Waals surface area contributed by atoms with Gasteiger partial charge in [-0.25, -0.2) is 9.59 Å². The Labute approximate surface area is 179 Å².